The highest BCUT2D eigenvalue weighted by molar-refractivity contribution is 6.33. The van der Waals surface area contributed by atoms with Gasteiger partial charge in [0.05, 0.1) is 16.7 Å². The van der Waals surface area contributed by atoms with Crippen LogP contribution in [-0.2, 0) is 17.4 Å². The third-order valence-corrected chi connectivity index (χ3v) is 8.11. The van der Waals surface area contributed by atoms with E-state index in [1.807, 2.05) is 39.0 Å². The lowest BCUT2D eigenvalue weighted by molar-refractivity contribution is -0.133. The van der Waals surface area contributed by atoms with Gasteiger partial charge in [-0.05, 0) is 57.9 Å². The molecule has 5 rings (SSSR count). The van der Waals surface area contributed by atoms with Gasteiger partial charge in [0, 0.05) is 75.4 Å². The molecule has 0 aliphatic carbocycles. The largest absolute Gasteiger partial charge is 0.372 e. The summed E-state index contributed by atoms with van der Waals surface area (Å²) in [6.07, 6.45) is 4.88. The van der Waals surface area contributed by atoms with Crippen LogP contribution in [0.4, 0.5) is 23.1 Å². The lowest BCUT2D eigenvalue weighted by Gasteiger charge is -2.32. The molecule has 0 unspecified atom stereocenters. The first-order valence-corrected chi connectivity index (χ1v) is 14.3. The minimum Gasteiger partial charge on any atom is -0.372 e. The van der Waals surface area contributed by atoms with Crippen LogP contribution in [0.5, 0.6) is 0 Å². The lowest BCUT2D eigenvalue weighted by atomic mass is 9.96. The number of aromatic nitrogens is 5. The van der Waals surface area contributed by atoms with E-state index in [2.05, 4.69) is 30.5 Å². The van der Waals surface area contributed by atoms with Gasteiger partial charge in [-0.15, -0.1) is 0 Å². The highest BCUT2D eigenvalue weighted by atomic mass is 35.5. The third kappa shape index (κ3) is 5.87. The van der Waals surface area contributed by atoms with E-state index >= 15 is 0 Å². The van der Waals surface area contributed by atoms with Crippen molar-refractivity contribution in [3.05, 3.63) is 69.6 Å². The second-order valence-corrected chi connectivity index (χ2v) is 11.8. The number of amides is 1. The van der Waals surface area contributed by atoms with Crippen molar-refractivity contribution in [1.82, 2.24) is 29.4 Å². The van der Waals surface area contributed by atoms with E-state index < -0.39 is 5.54 Å². The Kier molecular flexibility index (Phi) is 8.05. The summed E-state index contributed by atoms with van der Waals surface area (Å²) in [5.41, 5.74) is 2.06. The normalized spacial score (nSPS) is 14.2. The first-order chi connectivity index (χ1) is 19.9. The van der Waals surface area contributed by atoms with Gasteiger partial charge in [-0.2, -0.15) is 4.98 Å². The summed E-state index contributed by atoms with van der Waals surface area (Å²) in [5, 5.41) is 8.11. The molecule has 1 aromatic carbocycles. The Morgan fingerprint density at radius 2 is 1.79 bits per heavy atom. The smallest absolute Gasteiger partial charge is 0.252 e. The molecule has 3 aromatic heterocycles. The fourth-order valence-corrected chi connectivity index (χ4v) is 5.39. The Bertz CT molecular complexity index is 1680. The summed E-state index contributed by atoms with van der Waals surface area (Å²) in [4.78, 5) is 47.2. The fourth-order valence-electron chi connectivity index (χ4n) is 5.25. The van der Waals surface area contributed by atoms with E-state index in [4.69, 9.17) is 16.6 Å². The average Bonchev–Trinajstić information content (AvgIpc) is 2.98. The molecular weight excluding hydrogens is 554 g/mol. The fraction of sp³-hybridized carbons (Fsp3) is 0.400. The molecule has 0 saturated carbocycles. The number of pyridine rings is 1. The lowest BCUT2D eigenvalue weighted by Crippen LogP contribution is -2.40. The molecule has 0 bridgehead atoms. The van der Waals surface area contributed by atoms with Crippen molar-refractivity contribution >= 4 is 51.6 Å². The quantitative estimate of drug-likeness (QED) is 0.321. The van der Waals surface area contributed by atoms with Crippen LogP contribution < -0.4 is 21.1 Å². The van der Waals surface area contributed by atoms with Crippen LogP contribution in [0.1, 0.15) is 38.2 Å². The molecule has 1 aliphatic heterocycles. The number of benzene rings is 1. The number of carbonyl (C=O) groups is 1. The van der Waals surface area contributed by atoms with Crippen LogP contribution in [0.3, 0.4) is 0 Å². The standard InChI is InChI=1S/C30H36ClN9O2/c1-18-25(31)26(36-29(34-18)40-14-10-19(11-15-40)27(42)38(4)5)35-20-8-9-23-21(16-20)22(17-24(41)39(23)6)37-30(2,3)28-32-12-7-13-33-28/h7-9,12-13,16-17,19,37H,10-11,14-15H2,1-6H3,(H,34,35,36). The number of halogens is 1. The molecule has 2 N–H and O–H groups in total. The minimum absolute atomic E-state index is 0.0111. The van der Waals surface area contributed by atoms with Crippen molar-refractivity contribution in [2.45, 2.75) is 39.2 Å². The van der Waals surface area contributed by atoms with Crippen LogP contribution in [0, 0.1) is 12.8 Å². The number of piperidine rings is 1. The van der Waals surface area contributed by atoms with E-state index in [-0.39, 0.29) is 17.4 Å². The van der Waals surface area contributed by atoms with Crippen LogP contribution in [-0.4, -0.2) is 62.5 Å². The summed E-state index contributed by atoms with van der Waals surface area (Å²) in [6.45, 7) is 7.16. The molecule has 1 amide bonds. The summed E-state index contributed by atoms with van der Waals surface area (Å²) >= 11 is 6.68. The number of anilines is 4. The maximum atomic E-state index is 12.8. The molecule has 1 aliphatic rings. The number of carbonyl (C=O) groups excluding carboxylic acids is 1. The van der Waals surface area contributed by atoms with Gasteiger partial charge in [-0.25, -0.2) is 15.0 Å². The first kappa shape index (κ1) is 29.2. The van der Waals surface area contributed by atoms with Gasteiger partial charge in [0.15, 0.2) is 11.6 Å². The predicted octanol–water partition coefficient (Wildman–Crippen LogP) is 4.48. The monoisotopic (exact) mass is 589 g/mol. The summed E-state index contributed by atoms with van der Waals surface area (Å²) in [7, 11) is 5.34. The van der Waals surface area contributed by atoms with Gasteiger partial charge in [0.1, 0.15) is 5.02 Å². The molecular formula is C30H36ClN9O2. The Labute approximate surface area is 250 Å². The number of hydrogen-bond acceptors (Lipinski definition) is 9. The zero-order valence-electron chi connectivity index (χ0n) is 24.8. The van der Waals surface area contributed by atoms with E-state index in [9.17, 15) is 9.59 Å². The predicted molar refractivity (Wildman–Crippen MR) is 167 cm³/mol. The van der Waals surface area contributed by atoms with Crippen molar-refractivity contribution in [2.24, 2.45) is 13.0 Å². The SMILES string of the molecule is Cc1nc(N2CCC(C(=O)N(C)C)CC2)nc(Nc2ccc3c(c2)c(NC(C)(C)c2ncccn2)cc(=O)n3C)c1Cl. The molecule has 1 saturated heterocycles. The second-order valence-electron chi connectivity index (χ2n) is 11.4. The molecule has 1 fully saturated rings. The number of aryl methyl sites for hydroxylation is 2. The van der Waals surface area contributed by atoms with Gasteiger partial charge >= 0.3 is 0 Å². The van der Waals surface area contributed by atoms with Crippen LogP contribution in [0.2, 0.25) is 5.02 Å². The second kappa shape index (κ2) is 11.6. The van der Waals surface area contributed by atoms with Crippen LogP contribution in [0.15, 0.2) is 47.5 Å². The highest BCUT2D eigenvalue weighted by Crippen LogP contribution is 2.33. The summed E-state index contributed by atoms with van der Waals surface area (Å²) < 4.78 is 1.61. The molecule has 0 spiro atoms. The summed E-state index contributed by atoms with van der Waals surface area (Å²) in [5.74, 6) is 1.84. The highest BCUT2D eigenvalue weighted by Gasteiger charge is 2.28. The first-order valence-electron chi connectivity index (χ1n) is 13.9. The third-order valence-electron chi connectivity index (χ3n) is 7.65. The Morgan fingerprint density at radius 3 is 2.45 bits per heavy atom. The Morgan fingerprint density at radius 1 is 1.10 bits per heavy atom. The van der Waals surface area contributed by atoms with E-state index in [1.165, 1.54) is 0 Å². The molecule has 42 heavy (non-hydrogen) atoms. The van der Waals surface area contributed by atoms with Crippen molar-refractivity contribution in [3.8, 4) is 0 Å². The van der Waals surface area contributed by atoms with Gasteiger partial charge in [0.2, 0.25) is 11.9 Å². The maximum Gasteiger partial charge on any atom is 0.252 e. The average molecular weight is 590 g/mol. The number of nitrogens with one attached hydrogen (secondary N) is 2. The zero-order chi connectivity index (χ0) is 30.2. The van der Waals surface area contributed by atoms with Crippen molar-refractivity contribution < 1.29 is 4.79 Å². The van der Waals surface area contributed by atoms with Crippen LogP contribution in [0.25, 0.3) is 10.9 Å². The number of hydrogen-bond donors (Lipinski definition) is 2. The van der Waals surface area contributed by atoms with Crippen molar-refractivity contribution in [2.75, 3.05) is 42.7 Å². The van der Waals surface area contributed by atoms with E-state index in [0.717, 1.165) is 29.4 Å². The van der Waals surface area contributed by atoms with Gasteiger partial charge in [0.25, 0.3) is 5.56 Å². The molecule has 11 nitrogen and oxygen atoms in total. The maximum absolute atomic E-state index is 12.8. The zero-order valence-corrected chi connectivity index (χ0v) is 25.5. The van der Waals surface area contributed by atoms with E-state index in [0.29, 0.717) is 47.1 Å². The molecule has 0 radical (unpaired) electrons. The van der Waals surface area contributed by atoms with Gasteiger partial charge in [-0.3, -0.25) is 9.59 Å². The van der Waals surface area contributed by atoms with Crippen molar-refractivity contribution in [3.63, 3.8) is 0 Å². The molecule has 4 aromatic rings. The Hall–Kier alpha value is -4.25. The van der Waals surface area contributed by atoms with E-state index in [1.54, 1.807) is 55.1 Å². The van der Waals surface area contributed by atoms with Crippen molar-refractivity contribution in [1.29, 1.82) is 0 Å². The number of fused-ring (bicyclic) bond motifs is 1. The minimum atomic E-state index is -0.642. The molecule has 12 heteroatoms. The van der Waals surface area contributed by atoms with Crippen LogP contribution >= 0.6 is 11.6 Å². The molecule has 0 atom stereocenters. The molecule has 220 valence electrons. The number of nitrogens with zero attached hydrogens (tertiary/aromatic N) is 7. The van der Waals surface area contributed by atoms with Gasteiger partial charge < -0.3 is 25.0 Å². The van der Waals surface area contributed by atoms with Gasteiger partial charge in [-0.1, -0.05) is 11.6 Å². The summed E-state index contributed by atoms with van der Waals surface area (Å²) in [6, 6.07) is 9.10. The topological polar surface area (TPSA) is 121 Å². The number of rotatable bonds is 7. The Balaban J connectivity index is 1.45. The molecule has 4 heterocycles.